The van der Waals surface area contributed by atoms with Crippen LogP contribution in [0.15, 0.2) is 49.2 Å². The maximum absolute atomic E-state index is 12.7. The minimum absolute atomic E-state index is 0.0285. The minimum atomic E-state index is -0.0285. The number of hydrogen-bond acceptors (Lipinski definition) is 5. The summed E-state index contributed by atoms with van der Waals surface area (Å²) >= 11 is 0. The van der Waals surface area contributed by atoms with Gasteiger partial charge in [0.05, 0.1) is 42.4 Å². The van der Waals surface area contributed by atoms with Crippen molar-refractivity contribution in [2.75, 3.05) is 26.3 Å². The molecule has 1 fully saturated rings. The Balaban J connectivity index is 1.52. The number of rotatable bonds is 3. The molecule has 1 amide bonds. The SMILES string of the molecule is O=C(c1ccnnc1)N1CCOC[C@@H](Cc2nccn3cccc23)C1. The third-order valence-corrected chi connectivity index (χ3v) is 4.47. The fraction of sp³-hybridized carbons (Fsp3) is 0.333. The van der Waals surface area contributed by atoms with Gasteiger partial charge >= 0.3 is 0 Å². The molecule has 7 heteroatoms. The zero-order chi connectivity index (χ0) is 17.1. The van der Waals surface area contributed by atoms with E-state index in [2.05, 4.69) is 25.6 Å². The first kappa shape index (κ1) is 15.7. The van der Waals surface area contributed by atoms with E-state index in [0.717, 1.165) is 17.6 Å². The van der Waals surface area contributed by atoms with Crippen LogP contribution in [0.1, 0.15) is 16.1 Å². The van der Waals surface area contributed by atoms with Crippen LogP contribution < -0.4 is 0 Å². The predicted molar refractivity (Wildman–Crippen MR) is 91.1 cm³/mol. The molecule has 128 valence electrons. The van der Waals surface area contributed by atoms with Crippen molar-refractivity contribution in [3.63, 3.8) is 0 Å². The van der Waals surface area contributed by atoms with Gasteiger partial charge in [-0.05, 0) is 24.6 Å². The summed E-state index contributed by atoms with van der Waals surface area (Å²) in [6.07, 6.45) is 9.57. The van der Waals surface area contributed by atoms with Crippen molar-refractivity contribution in [3.8, 4) is 0 Å². The van der Waals surface area contributed by atoms with Crippen LogP contribution in [-0.4, -0.2) is 56.7 Å². The lowest BCUT2D eigenvalue weighted by Crippen LogP contribution is -2.36. The van der Waals surface area contributed by atoms with Crippen LogP contribution in [0.5, 0.6) is 0 Å². The monoisotopic (exact) mass is 337 g/mol. The van der Waals surface area contributed by atoms with E-state index < -0.39 is 0 Å². The molecule has 0 aliphatic carbocycles. The molecule has 3 aromatic rings. The Hall–Kier alpha value is -2.80. The second kappa shape index (κ2) is 6.98. The van der Waals surface area contributed by atoms with Crippen LogP contribution in [0.3, 0.4) is 0 Å². The number of carbonyl (C=O) groups is 1. The number of amides is 1. The van der Waals surface area contributed by atoms with Crippen LogP contribution in [0.4, 0.5) is 0 Å². The Morgan fingerprint density at radius 1 is 1.24 bits per heavy atom. The van der Waals surface area contributed by atoms with Crippen molar-refractivity contribution in [3.05, 3.63) is 60.4 Å². The Morgan fingerprint density at radius 2 is 2.20 bits per heavy atom. The van der Waals surface area contributed by atoms with Crippen molar-refractivity contribution in [2.24, 2.45) is 5.92 Å². The Kier molecular flexibility index (Phi) is 4.39. The summed E-state index contributed by atoms with van der Waals surface area (Å²) in [6, 6.07) is 5.76. The maximum atomic E-state index is 12.7. The molecule has 7 nitrogen and oxygen atoms in total. The summed E-state index contributed by atoms with van der Waals surface area (Å²) in [5.41, 5.74) is 2.69. The number of nitrogens with zero attached hydrogens (tertiary/aromatic N) is 5. The van der Waals surface area contributed by atoms with E-state index in [9.17, 15) is 4.79 Å². The molecular weight excluding hydrogens is 318 g/mol. The lowest BCUT2D eigenvalue weighted by molar-refractivity contribution is 0.0736. The third kappa shape index (κ3) is 3.36. The maximum Gasteiger partial charge on any atom is 0.255 e. The molecule has 4 rings (SSSR count). The van der Waals surface area contributed by atoms with Crippen molar-refractivity contribution >= 4 is 11.4 Å². The first-order valence-corrected chi connectivity index (χ1v) is 8.35. The molecule has 0 unspecified atom stereocenters. The largest absolute Gasteiger partial charge is 0.379 e. The first-order valence-electron chi connectivity index (χ1n) is 8.35. The summed E-state index contributed by atoms with van der Waals surface area (Å²) in [5.74, 6) is 0.175. The second-order valence-corrected chi connectivity index (χ2v) is 6.20. The standard InChI is InChI=1S/C18H19N5O2/c24-18(15-3-4-20-21-11-15)23-8-9-25-13-14(12-23)10-16-17-2-1-6-22(17)7-5-19-16/h1-7,11,14H,8-10,12-13H2/t14-/m0/s1. The molecule has 0 saturated carbocycles. The van der Waals surface area contributed by atoms with E-state index in [1.807, 2.05) is 29.6 Å². The second-order valence-electron chi connectivity index (χ2n) is 6.20. The highest BCUT2D eigenvalue weighted by Crippen LogP contribution is 2.18. The molecule has 0 bridgehead atoms. The van der Waals surface area contributed by atoms with E-state index in [4.69, 9.17) is 4.74 Å². The Bertz CT molecular complexity index is 864. The molecule has 1 aliphatic heterocycles. The molecule has 4 heterocycles. The fourth-order valence-corrected chi connectivity index (χ4v) is 3.25. The van der Waals surface area contributed by atoms with Crippen molar-refractivity contribution in [2.45, 2.75) is 6.42 Å². The molecule has 0 spiro atoms. The van der Waals surface area contributed by atoms with Gasteiger partial charge in [-0.1, -0.05) is 0 Å². The highest BCUT2D eigenvalue weighted by molar-refractivity contribution is 5.93. The molecule has 1 saturated heterocycles. The van der Waals surface area contributed by atoms with Crippen molar-refractivity contribution < 1.29 is 9.53 Å². The molecule has 25 heavy (non-hydrogen) atoms. The summed E-state index contributed by atoms with van der Waals surface area (Å²) in [6.45, 7) is 2.40. The van der Waals surface area contributed by atoms with Gasteiger partial charge in [0.2, 0.25) is 0 Å². The Labute approximate surface area is 145 Å². The highest BCUT2D eigenvalue weighted by atomic mass is 16.5. The van der Waals surface area contributed by atoms with Crippen LogP contribution in [-0.2, 0) is 11.2 Å². The fourth-order valence-electron chi connectivity index (χ4n) is 3.25. The zero-order valence-electron chi connectivity index (χ0n) is 13.8. The number of carbonyl (C=O) groups excluding carboxylic acids is 1. The molecule has 0 aromatic carbocycles. The van der Waals surface area contributed by atoms with Crippen LogP contribution >= 0.6 is 0 Å². The van der Waals surface area contributed by atoms with Gasteiger partial charge in [0, 0.05) is 37.6 Å². The van der Waals surface area contributed by atoms with Gasteiger partial charge < -0.3 is 14.0 Å². The van der Waals surface area contributed by atoms with Crippen LogP contribution in [0.2, 0.25) is 0 Å². The van der Waals surface area contributed by atoms with Gasteiger partial charge in [0.1, 0.15) is 0 Å². The van der Waals surface area contributed by atoms with E-state index >= 15 is 0 Å². The quantitative estimate of drug-likeness (QED) is 0.723. The topological polar surface area (TPSA) is 72.6 Å². The molecule has 0 N–H and O–H groups in total. The van der Waals surface area contributed by atoms with Gasteiger partial charge in [-0.25, -0.2) is 0 Å². The van der Waals surface area contributed by atoms with Gasteiger partial charge in [0.25, 0.3) is 5.91 Å². The van der Waals surface area contributed by atoms with E-state index in [0.29, 0.717) is 31.9 Å². The van der Waals surface area contributed by atoms with E-state index in [1.54, 1.807) is 6.07 Å². The lowest BCUT2D eigenvalue weighted by Gasteiger charge is -2.23. The normalized spacial score (nSPS) is 18.2. The summed E-state index contributed by atoms with van der Waals surface area (Å²) in [5, 5.41) is 7.53. The predicted octanol–water partition coefficient (Wildman–Crippen LogP) is 1.46. The van der Waals surface area contributed by atoms with Gasteiger partial charge in [-0.2, -0.15) is 10.2 Å². The average molecular weight is 337 g/mol. The molecule has 1 aliphatic rings. The number of fused-ring (bicyclic) bond motifs is 1. The van der Waals surface area contributed by atoms with E-state index in [1.165, 1.54) is 12.4 Å². The summed E-state index contributed by atoms with van der Waals surface area (Å²) in [7, 11) is 0. The molecule has 3 aromatic heterocycles. The van der Waals surface area contributed by atoms with Gasteiger partial charge in [-0.3, -0.25) is 9.78 Å². The molecular formula is C18H19N5O2. The van der Waals surface area contributed by atoms with Crippen LogP contribution in [0, 0.1) is 5.92 Å². The minimum Gasteiger partial charge on any atom is -0.379 e. The zero-order valence-corrected chi connectivity index (χ0v) is 13.8. The third-order valence-electron chi connectivity index (χ3n) is 4.47. The average Bonchev–Trinajstić information content (AvgIpc) is 3.02. The van der Waals surface area contributed by atoms with Gasteiger partial charge in [0.15, 0.2) is 0 Å². The number of aromatic nitrogens is 4. The molecule has 0 radical (unpaired) electrons. The first-order chi connectivity index (χ1) is 12.3. The highest BCUT2D eigenvalue weighted by Gasteiger charge is 2.24. The molecule has 1 atom stereocenters. The van der Waals surface area contributed by atoms with Gasteiger partial charge in [-0.15, -0.1) is 0 Å². The number of ether oxygens (including phenoxy) is 1. The Morgan fingerprint density at radius 3 is 3.08 bits per heavy atom. The number of hydrogen-bond donors (Lipinski definition) is 0. The van der Waals surface area contributed by atoms with Crippen LogP contribution in [0.25, 0.3) is 5.52 Å². The van der Waals surface area contributed by atoms with Crippen molar-refractivity contribution in [1.82, 2.24) is 24.5 Å². The lowest BCUT2D eigenvalue weighted by atomic mass is 10.0. The smallest absolute Gasteiger partial charge is 0.255 e. The summed E-state index contributed by atoms with van der Waals surface area (Å²) < 4.78 is 7.79. The van der Waals surface area contributed by atoms with Crippen molar-refractivity contribution in [1.29, 1.82) is 0 Å². The van der Waals surface area contributed by atoms with E-state index in [-0.39, 0.29) is 11.8 Å². The summed E-state index contributed by atoms with van der Waals surface area (Å²) in [4.78, 5) is 19.1.